The normalized spacial score (nSPS) is 15.3. The zero-order chi connectivity index (χ0) is 12.3. The fraction of sp³-hybridized carbons (Fsp3) is 0.600. The van der Waals surface area contributed by atoms with Crippen molar-refractivity contribution in [3.05, 3.63) is 29.8 Å². The average molecular weight is 252 g/mol. The summed E-state index contributed by atoms with van der Waals surface area (Å²) in [5, 5.41) is 0. The van der Waals surface area contributed by atoms with Crippen LogP contribution in [0.15, 0.2) is 24.3 Å². The number of nitrogens with zero attached hydrogens (tertiary/aromatic N) is 1. The third-order valence-corrected chi connectivity index (χ3v) is 3.67. The lowest BCUT2D eigenvalue weighted by Gasteiger charge is -2.25. The maximum absolute atomic E-state index is 5.82. The van der Waals surface area contributed by atoms with Gasteiger partial charge in [0.1, 0.15) is 0 Å². The van der Waals surface area contributed by atoms with Crippen LogP contribution in [0.25, 0.3) is 0 Å². The highest BCUT2D eigenvalue weighted by molar-refractivity contribution is 6.17. The number of hydrogen-bond acceptors (Lipinski definition) is 1. The van der Waals surface area contributed by atoms with Crippen molar-refractivity contribution in [2.45, 2.75) is 45.0 Å². The molecule has 2 rings (SSSR count). The van der Waals surface area contributed by atoms with Crippen molar-refractivity contribution >= 4 is 17.3 Å². The van der Waals surface area contributed by atoms with Crippen molar-refractivity contribution in [3.8, 4) is 0 Å². The Balaban J connectivity index is 2.03. The second-order valence-corrected chi connectivity index (χ2v) is 5.67. The van der Waals surface area contributed by atoms with Gasteiger partial charge in [0.2, 0.25) is 0 Å². The summed E-state index contributed by atoms with van der Waals surface area (Å²) in [5.41, 5.74) is 2.57. The molecule has 0 bridgehead atoms. The summed E-state index contributed by atoms with van der Waals surface area (Å²) in [5.74, 6) is 1.38. The molecule has 0 amide bonds. The second kappa shape index (κ2) is 5.77. The van der Waals surface area contributed by atoms with Crippen LogP contribution in [0.1, 0.15) is 38.7 Å². The minimum atomic E-state index is 0.607. The largest absolute Gasteiger partial charge is 0.369 e. The molecule has 0 unspecified atom stereocenters. The molecule has 17 heavy (non-hydrogen) atoms. The van der Waals surface area contributed by atoms with Gasteiger partial charge in [0.05, 0.1) is 0 Å². The van der Waals surface area contributed by atoms with Crippen LogP contribution in [0.3, 0.4) is 0 Å². The van der Waals surface area contributed by atoms with Crippen molar-refractivity contribution in [2.75, 3.05) is 11.4 Å². The van der Waals surface area contributed by atoms with E-state index in [-0.39, 0.29) is 0 Å². The van der Waals surface area contributed by atoms with E-state index >= 15 is 0 Å². The van der Waals surface area contributed by atoms with Crippen LogP contribution >= 0.6 is 11.6 Å². The van der Waals surface area contributed by atoms with Gasteiger partial charge < -0.3 is 4.90 Å². The number of halogens is 1. The highest BCUT2D eigenvalue weighted by Gasteiger charge is 2.28. The first-order valence-corrected chi connectivity index (χ1v) is 7.15. The van der Waals surface area contributed by atoms with Crippen LogP contribution in [-0.2, 0) is 5.88 Å². The predicted molar refractivity (Wildman–Crippen MR) is 75.8 cm³/mol. The van der Waals surface area contributed by atoms with E-state index in [1.807, 2.05) is 0 Å². The molecule has 1 aromatic carbocycles. The Morgan fingerprint density at radius 1 is 1.24 bits per heavy atom. The monoisotopic (exact) mass is 251 g/mol. The van der Waals surface area contributed by atoms with Gasteiger partial charge in [-0.2, -0.15) is 0 Å². The predicted octanol–water partition coefficient (Wildman–Crippen LogP) is 4.44. The Morgan fingerprint density at radius 2 is 1.88 bits per heavy atom. The molecule has 1 fully saturated rings. The summed E-state index contributed by atoms with van der Waals surface area (Å²) in [4.78, 5) is 2.57. The molecule has 0 N–H and O–H groups in total. The summed E-state index contributed by atoms with van der Waals surface area (Å²) >= 11 is 5.82. The van der Waals surface area contributed by atoms with E-state index in [9.17, 15) is 0 Å². The standard InChI is InChI=1S/C15H22ClN/c1-12(2)9-10-17(15-7-8-15)14-5-3-13(11-16)4-6-14/h3-6,12,15H,7-11H2,1-2H3. The summed E-state index contributed by atoms with van der Waals surface area (Å²) in [7, 11) is 0. The highest BCUT2D eigenvalue weighted by Crippen LogP contribution is 2.32. The molecule has 0 atom stereocenters. The Labute approximate surface area is 110 Å². The first-order valence-electron chi connectivity index (χ1n) is 6.62. The smallest absolute Gasteiger partial charge is 0.0474 e. The number of alkyl halides is 1. The van der Waals surface area contributed by atoms with Crippen LogP contribution < -0.4 is 4.90 Å². The molecule has 1 nitrogen and oxygen atoms in total. The third kappa shape index (κ3) is 3.64. The maximum Gasteiger partial charge on any atom is 0.0474 e. The van der Waals surface area contributed by atoms with Crippen LogP contribution in [0, 0.1) is 5.92 Å². The van der Waals surface area contributed by atoms with Crippen molar-refractivity contribution in [2.24, 2.45) is 5.92 Å². The van der Waals surface area contributed by atoms with E-state index < -0.39 is 0 Å². The lowest BCUT2D eigenvalue weighted by Crippen LogP contribution is -2.27. The minimum Gasteiger partial charge on any atom is -0.369 e. The SMILES string of the molecule is CC(C)CCN(c1ccc(CCl)cc1)C1CC1. The van der Waals surface area contributed by atoms with Gasteiger partial charge in [0.15, 0.2) is 0 Å². The van der Waals surface area contributed by atoms with Gasteiger partial charge in [-0.05, 0) is 42.9 Å². The second-order valence-electron chi connectivity index (χ2n) is 5.41. The van der Waals surface area contributed by atoms with Crippen molar-refractivity contribution < 1.29 is 0 Å². The van der Waals surface area contributed by atoms with Gasteiger partial charge in [-0.1, -0.05) is 26.0 Å². The zero-order valence-corrected chi connectivity index (χ0v) is 11.6. The summed E-state index contributed by atoms with van der Waals surface area (Å²) in [6, 6.07) is 9.52. The lowest BCUT2D eigenvalue weighted by atomic mass is 10.1. The molecule has 0 aliphatic heterocycles. The topological polar surface area (TPSA) is 3.24 Å². The van der Waals surface area contributed by atoms with Crippen molar-refractivity contribution in [1.29, 1.82) is 0 Å². The van der Waals surface area contributed by atoms with E-state index in [1.54, 1.807) is 0 Å². The van der Waals surface area contributed by atoms with Crippen LogP contribution in [0.4, 0.5) is 5.69 Å². The molecule has 0 heterocycles. The molecule has 0 saturated heterocycles. The fourth-order valence-corrected chi connectivity index (χ4v) is 2.26. The van der Waals surface area contributed by atoms with Gasteiger partial charge in [-0.3, -0.25) is 0 Å². The molecular weight excluding hydrogens is 230 g/mol. The quantitative estimate of drug-likeness (QED) is 0.676. The van der Waals surface area contributed by atoms with Gasteiger partial charge in [0, 0.05) is 24.2 Å². The maximum atomic E-state index is 5.82. The Kier molecular flexibility index (Phi) is 4.33. The molecule has 1 saturated carbocycles. The summed E-state index contributed by atoms with van der Waals surface area (Å²) in [6.45, 7) is 5.77. The molecule has 2 heteroatoms. The minimum absolute atomic E-state index is 0.607. The molecule has 0 radical (unpaired) electrons. The molecule has 0 spiro atoms. The Bertz CT molecular complexity index is 340. The van der Waals surface area contributed by atoms with E-state index in [1.165, 1.54) is 37.1 Å². The van der Waals surface area contributed by atoms with E-state index in [0.717, 1.165) is 12.0 Å². The summed E-state index contributed by atoms with van der Waals surface area (Å²) in [6.07, 6.45) is 3.98. The van der Waals surface area contributed by atoms with Gasteiger partial charge >= 0.3 is 0 Å². The summed E-state index contributed by atoms with van der Waals surface area (Å²) < 4.78 is 0. The number of benzene rings is 1. The lowest BCUT2D eigenvalue weighted by molar-refractivity contribution is 0.571. The van der Waals surface area contributed by atoms with E-state index in [4.69, 9.17) is 11.6 Å². The van der Waals surface area contributed by atoms with Crippen LogP contribution in [0.2, 0.25) is 0 Å². The van der Waals surface area contributed by atoms with Crippen LogP contribution in [-0.4, -0.2) is 12.6 Å². The number of hydrogen-bond donors (Lipinski definition) is 0. The molecule has 1 aromatic rings. The van der Waals surface area contributed by atoms with Crippen molar-refractivity contribution in [3.63, 3.8) is 0 Å². The molecule has 0 aromatic heterocycles. The Morgan fingerprint density at radius 3 is 2.35 bits per heavy atom. The molecular formula is C15H22ClN. The molecule has 94 valence electrons. The zero-order valence-electron chi connectivity index (χ0n) is 10.8. The van der Waals surface area contributed by atoms with Crippen molar-refractivity contribution in [1.82, 2.24) is 0 Å². The number of rotatable bonds is 6. The van der Waals surface area contributed by atoms with E-state index in [0.29, 0.717) is 5.88 Å². The molecule has 1 aliphatic rings. The van der Waals surface area contributed by atoms with Gasteiger partial charge in [-0.15, -0.1) is 11.6 Å². The third-order valence-electron chi connectivity index (χ3n) is 3.36. The van der Waals surface area contributed by atoms with Gasteiger partial charge in [-0.25, -0.2) is 0 Å². The first-order chi connectivity index (χ1) is 8.20. The fourth-order valence-electron chi connectivity index (χ4n) is 2.08. The van der Waals surface area contributed by atoms with E-state index in [2.05, 4.69) is 43.0 Å². The van der Waals surface area contributed by atoms with Gasteiger partial charge in [0.25, 0.3) is 0 Å². The Hall–Kier alpha value is -0.690. The highest BCUT2D eigenvalue weighted by atomic mass is 35.5. The first kappa shape index (κ1) is 12.8. The average Bonchev–Trinajstić information content (AvgIpc) is 3.14. The number of anilines is 1. The molecule has 1 aliphatic carbocycles. The van der Waals surface area contributed by atoms with Crippen LogP contribution in [0.5, 0.6) is 0 Å².